The first-order valence-electron chi connectivity index (χ1n) is 24.4. The van der Waals surface area contributed by atoms with Crippen molar-refractivity contribution in [3.63, 3.8) is 0 Å². The number of nitrogens with one attached hydrogen (secondary N) is 1. The Morgan fingerprint density at radius 3 is 1.51 bits per heavy atom. The average Bonchev–Trinajstić information content (AvgIpc) is 3.26. The first kappa shape index (κ1) is 55.9. The summed E-state index contributed by atoms with van der Waals surface area (Å²) in [5.74, 6) is -0.239. The zero-order chi connectivity index (χ0) is 44.7. The third-order valence-corrected chi connectivity index (χ3v) is 12.2. The lowest BCUT2D eigenvalue weighted by Gasteiger charge is -2.46. The second kappa shape index (κ2) is 35.0. The Morgan fingerprint density at radius 2 is 1.02 bits per heavy atom. The molecule has 14 nitrogen and oxygen atoms in total. The van der Waals surface area contributed by atoms with Gasteiger partial charge in [-0.3, -0.25) is 4.79 Å². The van der Waals surface area contributed by atoms with E-state index in [1.165, 1.54) is 122 Å². The summed E-state index contributed by atoms with van der Waals surface area (Å²) in [6.45, 7) is 2.77. The number of ether oxygens (including phenoxy) is 4. The SMILES string of the molecule is CCCCCCCCCCCC/C=C/[C@@H](O)[C@H](CO[C@@H]1O[C@H](CO)[C@@H](O[C@@H]2O[C@H](CO)[C@H](O)C(O)C2O)C(O)C1O)NC(=O)CCCCCCCCCCCCCCCCC. The van der Waals surface area contributed by atoms with Gasteiger partial charge in [0, 0.05) is 6.42 Å². The maximum Gasteiger partial charge on any atom is 0.220 e. The zero-order valence-corrected chi connectivity index (χ0v) is 37.9. The van der Waals surface area contributed by atoms with E-state index in [9.17, 15) is 45.6 Å². The van der Waals surface area contributed by atoms with Gasteiger partial charge in [-0.25, -0.2) is 0 Å². The van der Waals surface area contributed by atoms with Crippen LogP contribution in [0.2, 0.25) is 0 Å². The number of carbonyl (C=O) groups is 1. The molecule has 0 aliphatic carbocycles. The van der Waals surface area contributed by atoms with Crippen molar-refractivity contribution in [3.05, 3.63) is 12.2 Å². The van der Waals surface area contributed by atoms with Crippen molar-refractivity contribution in [3.8, 4) is 0 Å². The summed E-state index contributed by atoms with van der Waals surface area (Å²) in [7, 11) is 0. The third kappa shape index (κ3) is 23.0. The molecule has 2 aliphatic heterocycles. The number of unbranched alkanes of at least 4 members (excludes halogenated alkanes) is 24. The minimum absolute atomic E-state index is 0.239. The highest BCUT2D eigenvalue weighted by molar-refractivity contribution is 5.76. The minimum Gasteiger partial charge on any atom is -0.394 e. The summed E-state index contributed by atoms with van der Waals surface area (Å²) < 4.78 is 22.6. The van der Waals surface area contributed by atoms with Crippen LogP contribution in [0.4, 0.5) is 0 Å². The molecular weight excluding hydrogens is 787 g/mol. The molecule has 0 bridgehead atoms. The Labute approximate surface area is 367 Å². The van der Waals surface area contributed by atoms with Gasteiger partial charge in [0.1, 0.15) is 48.8 Å². The molecule has 0 aromatic heterocycles. The van der Waals surface area contributed by atoms with Crippen LogP contribution in [0.25, 0.3) is 0 Å². The fourth-order valence-corrected chi connectivity index (χ4v) is 8.17. The van der Waals surface area contributed by atoms with Gasteiger partial charge in [-0.05, 0) is 19.3 Å². The maximum atomic E-state index is 13.1. The van der Waals surface area contributed by atoms with Crippen molar-refractivity contribution in [2.45, 2.75) is 261 Å². The molecule has 360 valence electrons. The number of hydrogen-bond acceptors (Lipinski definition) is 13. The number of carbonyl (C=O) groups excluding carboxylic acids is 1. The third-order valence-electron chi connectivity index (χ3n) is 12.2. The summed E-state index contributed by atoms with van der Waals surface area (Å²) in [6, 6.07) is -0.906. The number of allylic oxidation sites excluding steroid dienone is 1. The number of hydrogen-bond donors (Lipinski definition) is 9. The molecule has 2 heterocycles. The molecule has 0 radical (unpaired) electrons. The molecule has 14 heteroatoms. The van der Waals surface area contributed by atoms with Crippen LogP contribution in [-0.4, -0.2) is 140 Å². The van der Waals surface area contributed by atoms with Gasteiger partial charge < -0.3 is 65.1 Å². The van der Waals surface area contributed by atoms with E-state index in [0.717, 1.165) is 38.5 Å². The Bertz CT molecular complexity index is 1080. The van der Waals surface area contributed by atoms with Crippen LogP contribution in [-0.2, 0) is 23.7 Å². The quantitative estimate of drug-likeness (QED) is 0.0274. The van der Waals surface area contributed by atoms with E-state index in [4.69, 9.17) is 18.9 Å². The molecule has 0 saturated carbocycles. The van der Waals surface area contributed by atoms with Gasteiger partial charge in [-0.1, -0.05) is 174 Å². The monoisotopic (exact) mass is 876 g/mol. The maximum absolute atomic E-state index is 13.1. The molecular formula is C47H89NO13. The molecule has 0 aromatic rings. The topological polar surface area (TPSA) is 228 Å². The van der Waals surface area contributed by atoms with Gasteiger partial charge in [0.15, 0.2) is 12.6 Å². The highest BCUT2D eigenvalue weighted by atomic mass is 16.7. The number of aliphatic hydroxyl groups excluding tert-OH is 8. The highest BCUT2D eigenvalue weighted by Gasteiger charge is 2.51. The molecule has 4 unspecified atom stereocenters. The Kier molecular flexibility index (Phi) is 32.1. The van der Waals surface area contributed by atoms with E-state index in [1.54, 1.807) is 6.08 Å². The number of aliphatic hydroxyl groups is 8. The van der Waals surface area contributed by atoms with Gasteiger partial charge in [0.25, 0.3) is 0 Å². The summed E-state index contributed by atoms with van der Waals surface area (Å²) in [6.07, 6.45) is 18.2. The molecule has 61 heavy (non-hydrogen) atoms. The lowest BCUT2D eigenvalue weighted by Crippen LogP contribution is -2.65. The van der Waals surface area contributed by atoms with E-state index >= 15 is 0 Å². The van der Waals surface area contributed by atoms with Crippen LogP contribution < -0.4 is 5.32 Å². The predicted molar refractivity (Wildman–Crippen MR) is 235 cm³/mol. The molecule has 2 saturated heterocycles. The fourth-order valence-electron chi connectivity index (χ4n) is 8.17. The second-order valence-electron chi connectivity index (χ2n) is 17.6. The fraction of sp³-hybridized carbons (Fsp3) is 0.936. The zero-order valence-electron chi connectivity index (χ0n) is 37.9. The first-order valence-corrected chi connectivity index (χ1v) is 24.4. The predicted octanol–water partition coefficient (Wildman–Crippen LogP) is 5.60. The minimum atomic E-state index is -1.78. The summed E-state index contributed by atoms with van der Waals surface area (Å²) in [5.41, 5.74) is 0. The van der Waals surface area contributed by atoms with Crippen molar-refractivity contribution >= 4 is 5.91 Å². The van der Waals surface area contributed by atoms with Crippen molar-refractivity contribution < 1.29 is 64.6 Å². The summed E-state index contributed by atoms with van der Waals surface area (Å²) in [5, 5.41) is 86.5. The van der Waals surface area contributed by atoms with Crippen LogP contribution in [0.5, 0.6) is 0 Å². The van der Waals surface area contributed by atoms with Gasteiger partial charge in [-0.2, -0.15) is 0 Å². The summed E-state index contributed by atoms with van der Waals surface area (Å²) in [4.78, 5) is 13.1. The molecule has 9 N–H and O–H groups in total. The van der Waals surface area contributed by atoms with Crippen LogP contribution in [0.3, 0.4) is 0 Å². The lowest BCUT2D eigenvalue weighted by atomic mass is 9.97. The first-order chi connectivity index (χ1) is 29.6. The van der Waals surface area contributed by atoms with Crippen LogP contribution >= 0.6 is 0 Å². The van der Waals surface area contributed by atoms with E-state index in [-0.39, 0.29) is 18.9 Å². The molecule has 0 spiro atoms. The van der Waals surface area contributed by atoms with Crippen molar-refractivity contribution in [2.75, 3.05) is 19.8 Å². The van der Waals surface area contributed by atoms with Gasteiger partial charge in [0.2, 0.25) is 5.91 Å². The normalized spacial score (nSPS) is 28.0. The Hall–Kier alpha value is -1.27. The van der Waals surface area contributed by atoms with Crippen molar-refractivity contribution in [1.29, 1.82) is 0 Å². The molecule has 2 fully saturated rings. The molecule has 0 aromatic carbocycles. The Balaban J connectivity index is 1.87. The smallest absolute Gasteiger partial charge is 0.220 e. The Morgan fingerprint density at radius 1 is 0.574 bits per heavy atom. The van der Waals surface area contributed by atoms with Crippen LogP contribution in [0.1, 0.15) is 187 Å². The van der Waals surface area contributed by atoms with Crippen molar-refractivity contribution in [1.82, 2.24) is 5.32 Å². The molecule has 2 aliphatic rings. The molecule has 2 rings (SSSR count). The van der Waals surface area contributed by atoms with Gasteiger partial charge in [-0.15, -0.1) is 0 Å². The average molecular weight is 876 g/mol. The highest BCUT2D eigenvalue weighted by Crippen LogP contribution is 2.30. The van der Waals surface area contributed by atoms with E-state index in [2.05, 4.69) is 19.2 Å². The van der Waals surface area contributed by atoms with Gasteiger partial charge >= 0.3 is 0 Å². The van der Waals surface area contributed by atoms with Crippen LogP contribution in [0.15, 0.2) is 12.2 Å². The van der Waals surface area contributed by atoms with E-state index < -0.39 is 86.8 Å². The largest absolute Gasteiger partial charge is 0.394 e. The number of rotatable bonds is 37. The number of amides is 1. The lowest BCUT2D eigenvalue weighted by molar-refractivity contribution is -0.359. The van der Waals surface area contributed by atoms with Crippen molar-refractivity contribution in [2.24, 2.45) is 0 Å². The van der Waals surface area contributed by atoms with E-state index in [0.29, 0.717) is 6.42 Å². The van der Waals surface area contributed by atoms with E-state index in [1.807, 2.05) is 6.08 Å². The van der Waals surface area contributed by atoms with Gasteiger partial charge in [0.05, 0.1) is 32.0 Å². The van der Waals surface area contributed by atoms with Crippen LogP contribution in [0, 0.1) is 0 Å². The standard InChI is InChI=1S/C47H89NO13/c1-3-5-7-9-11-13-15-17-18-19-21-23-25-27-29-31-39(52)48-35(36(51)30-28-26-24-22-20-16-14-12-10-8-6-4-2)34-58-46-44(57)42(55)45(38(33-50)60-46)61-47-43(56)41(54)40(53)37(32-49)59-47/h28,30,35-38,40-47,49-51,53-57H,3-27,29,31-34H2,1-2H3,(H,48,52)/b30-28+/t35-,36+,37+,38+,40-,41?,42?,43?,44?,45+,46+,47-/m0/s1. The summed E-state index contributed by atoms with van der Waals surface area (Å²) >= 11 is 0. The molecule has 12 atom stereocenters. The molecule has 1 amide bonds. The second-order valence-corrected chi connectivity index (χ2v) is 17.6.